The van der Waals surface area contributed by atoms with Crippen LogP contribution in [-0.2, 0) is 8.85 Å². The van der Waals surface area contributed by atoms with E-state index in [4.69, 9.17) is 8.85 Å². The molecule has 3 unspecified atom stereocenters. The fourth-order valence-electron chi connectivity index (χ4n) is 5.04. The Bertz CT molecular complexity index is 363. The summed E-state index contributed by atoms with van der Waals surface area (Å²) in [6, 6.07) is 0. The zero-order chi connectivity index (χ0) is 17.8. The van der Waals surface area contributed by atoms with Crippen molar-refractivity contribution in [3.05, 3.63) is 0 Å². The van der Waals surface area contributed by atoms with E-state index in [1.807, 2.05) is 0 Å². The van der Waals surface area contributed by atoms with E-state index < -0.39 is 8.56 Å². The minimum Gasteiger partial charge on any atom is -0.394 e. The van der Waals surface area contributed by atoms with Gasteiger partial charge in [-0.05, 0) is 55.8 Å². The Kier molecular flexibility index (Phi) is 7.40. The summed E-state index contributed by atoms with van der Waals surface area (Å²) in [6.07, 6.45) is 10.6. The highest BCUT2D eigenvalue weighted by Gasteiger charge is 2.54. The van der Waals surface area contributed by atoms with Crippen molar-refractivity contribution in [1.29, 1.82) is 0 Å². The first-order valence-electron chi connectivity index (χ1n) is 10.5. The third kappa shape index (κ3) is 5.31. The van der Waals surface area contributed by atoms with Crippen LogP contribution in [0.25, 0.3) is 0 Å². The van der Waals surface area contributed by atoms with E-state index in [0.717, 1.165) is 37.0 Å². The average Bonchev–Trinajstić information content (AvgIpc) is 3.00. The van der Waals surface area contributed by atoms with Crippen LogP contribution >= 0.6 is 0 Å². The van der Waals surface area contributed by atoms with Crippen LogP contribution in [0.5, 0.6) is 0 Å². The highest BCUT2D eigenvalue weighted by Crippen LogP contribution is 2.52. The minimum atomic E-state index is -2.18. The maximum absolute atomic E-state index is 6.93. The van der Waals surface area contributed by atoms with Gasteiger partial charge in [0.2, 0.25) is 0 Å². The van der Waals surface area contributed by atoms with Gasteiger partial charge in [-0.1, -0.05) is 54.4 Å². The van der Waals surface area contributed by atoms with E-state index >= 15 is 0 Å². The standard InChI is InChI=1S/C21H42O2Si/c1-7-12-22-24(19-10-8-9-11-19,23-16-21(4,5)6)20-14-17(2)13-18(3)15-20/h17-20H,7-16H2,1-6H3. The first-order valence-corrected chi connectivity index (χ1v) is 12.5. The van der Waals surface area contributed by atoms with Crippen LogP contribution in [0.1, 0.15) is 92.9 Å². The Morgan fingerprint density at radius 3 is 1.96 bits per heavy atom. The number of rotatable bonds is 7. The molecule has 0 amide bonds. The lowest BCUT2D eigenvalue weighted by Gasteiger charge is -2.46. The van der Waals surface area contributed by atoms with Crippen molar-refractivity contribution in [1.82, 2.24) is 0 Å². The van der Waals surface area contributed by atoms with Crippen molar-refractivity contribution in [3.63, 3.8) is 0 Å². The molecule has 0 aromatic heterocycles. The molecule has 2 nitrogen and oxygen atoms in total. The predicted molar refractivity (Wildman–Crippen MR) is 106 cm³/mol. The van der Waals surface area contributed by atoms with Crippen molar-refractivity contribution in [3.8, 4) is 0 Å². The average molecular weight is 355 g/mol. The van der Waals surface area contributed by atoms with Crippen LogP contribution in [0.15, 0.2) is 0 Å². The molecule has 0 bridgehead atoms. The Morgan fingerprint density at radius 2 is 1.46 bits per heavy atom. The van der Waals surface area contributed by atoms with Crippen molar-refractivity contribution >= 4 is 8.56 Å². The van der Waals surface area contributed by atoms with Gasteiger partial charge in [0.1, 0.15) is 0 Å². The summed E-state index contributed by atoms with van der Waals surface area (Å²) < 4.78 is 13.7. The molecule has 2 fully saturated rings. The molecular weight excluding hydrogens is 312 g/mol. The molecule has 0 spiro atoms. The summed E-state index contributed by atoms with van der Waals surface area (Å²) in [7, 11) is -2.18. The monoisotopic (exact) mass is 354 g/mol. The molecule has 0 saturated heterocycles. The lowest BCUT2D eigenvalue weighted by molar-refractivity contribution is 0.0935. The lowest BCUT2D eigenvalue weighted by Crippen LogP contribution is -2.53. The second kappa shape index (κ2) is 8.68. The van der Waals surface area contributed by atoms with Gasteiger partial charge in [-0.3, -0.25) is 0 Å². The van der Waals surface area contributed by atoms with Gasteiger partial charge in [0.25, 0.3) is 0 Å². The Hall–Kier alpha value is 0.137. The molecule has 3 atom stereocenters. The topological polar surface area (TPSA) is 18.5 Å². The normalized spacial score (nSPS) is 32.0. The fraction of sp³-hybridized carbons (Fsp3) is 1.00. The molecule has 2 rings (SSSR count). The number of hydrogen-bond acceptors (Lipinski definition) is 2. The molecule has 0 N–H and O–H groups in total. The maximum atomic E-state index is 6.93. The van der Waals surface area contributed by atoms with Crippen molar-refractivity contribution < 1.29 is 8.85 Å². The van der Waals surface area contributed by atoms with Gasteiger partial charge in [-0.2, -0.15) is 0 Å². The Morgan fingerprint density at radius 1 is 0.875 bits per heavy atom. The second-order valence-electron chi connectivity index (χ2n) is 10.0. The molecule has 0 radical (unpaired) electrons. The third-order valence-electron chi connectivity index (χ3n) is 5.93. The number of hydrogen-bond donors (Lipinski definition) is 0. The predicted octanol–water partition coefficient (Wildman–Crippen LogP) is 6.69. The Labute approximate surface area is 152 Å². The summed E-state index contributed by atoms with van der Waals surface area (Å²) in [5.74, 6) is 1.66. The minimum absolute atomic E-state index is 0.221. The van der Waals surface area contributed by atoms with Crippen LogP contribution < -0.4 is 0 Å². The van der Waals surface area contributed by atoms with E-state index in [1.54, 1.807) is 0 Å². The second-order valence-corrected chi connectivity index (χ2v) is 13.7. The molecule has 2 aliphatic rings. The van der Waals surface area contributed by atoms with E-state index in [-0.39, 0.29) is 5.41 Å². The fourth-order valence-corrected chi connectivity index (χ4v) is 10.6. The van der Waals surface area contributed by atoms with Crippen molar-refractivity contribution in [2.24, 2.45) is 17.3 Å². The van der Waals surface area contributed by atoms with E-state index in [2.05, 4.69) is 41.5 Å². The third-order valence-corrected chi connectivity index (χ3v) is 10.5. The van der Waals surface area contributed by atoms with E-state index in [1.165, 1.54) is 44.9 Å². The molecule has 3 heteroatoms. The van der Waals surface area contributed by atoms with E-state index in [0.29, 0.717) is 5.54 Å². The van der Waals surface area contributed by atoms with Crippen molar-refractivity contribution in [2.45, 2.75) is 104 Å². The first kappa shape index (κ1) is 20.4. The molecular formula is C21H42O2Si. The summed E-state index contributed by atoms with van der Waals surface area (Å²) in [4.78, 5) is 0. The molecule has 2 aliphatic carbocycles. The van der Waals surface area contributed by atoms with Crippen LogP contribution in [0, 0.1) is 17.3 Å². The van der Waals surface area contributed by atoms with Crippen LogP contribution in [-0.4, -0.2) is 21.8 Å². The van der Waals surface area contributed by atoms with E-state index in [9.17, 15) is 0 Å². The molecule has 142 valence electrons. The van der Waals surface area contributed by atoms with Gasteiger partial charge < -0.3 is 8.85 Å². The molecule has 24 heavy (non-hydrogen) atoms. The summed E-state index contributed by atoms with van der Waals surface area (Å²) >= 11 is 0. The van der Waals surface area contributed by atoms with Crippen LogP contribution in [0.2, 0.25) is 11.1 Å². The van der Waals surface area contributed by atoms with Gasteiger partial charge >= 0.3 is 8.56 Å². The highest BCUT2D eigenvalue weighted by atomic mass is 28.4. The maximum Gasteiger partial charge on any atom is 0.344 e. The lowest BCUT2D eigenvalue weighted by atomic mass is 9.83. The van der Waals surface area contributed by atoms with Gasteiger partial charge in [-0.25, -0.2) is 0 Å². The zero-order valence-corrected chi connectivity index (χ0v) is 18.2. The quantitative estimate of drug-likeness (QED) is 0.474. The molecule has 0 aromatic rings. The van der Waals surface area contributed by atoms with Gasteiger partial charge in [-0.15, -0.1) is 0 Å². The Balaban J connectivity index is 2.27. The van der Waals surface area contributed by atoms with Crippen molar-refractivity contribution in [2.75, 3.05) is 13.2 Å². The SMILES string of the molecule is CCCO[Si](OCC(C)(C)C)(C1CCCC1)C1CC(C)CC(C)C1. The molecule has 0 heterocycles. The largest absolute Gasteiger partial charge is 0.394 e. The molecule has 2 saturated carbocycles. The molecule has 0 aromatic carbocycles. The van der Waals surface area contributed by atoms with Gasteiger partial charge in [0.15, 0.2) is 0 Å². The smallest absolute Gasteiger partial charge is 0.344 e. The highest BCUT2D eigenvalue weighted by molar-refractivity contribution is 6.70. The first-order chi connectivity index (χ1) is 11.3. The zero-order valence-electron chi connectivity index (χ0n) is 17.2. The summed E-state index contributed by atoms with van der Waals surface area (Å²) in [5, 5.41) is 0. The van der Waals surface area contributed by atoms with Gasteiger partial charge in [0.05, 0.1) is 0 Å². The van der Waals surface area contributed by atoms with Crippen LogP contribution in [0.3, 0.4) is 0 Å². The molecule has 0 aliphatic heterocycles. The van der Waals surface area contributed by atoms with Crippen LogP contribution in [0.4, 0.5) is 0 Å². The summed E-state index contributed by atoms with van der Waals surface area (Å²) in [5.41, 5.74) is 1.65. The summed E-state index contributed by atoms with van der Waals surface area (Å²) in [6.45, 7) is 15.8. The van der Waals surface area contributed by atoms with Gasteiger partial charge in [0, 0.05) is 24.3 Å².